The van der Waals surface area contributed by atoms with Crippen LogP contribution in [-0.4, -0.2) is 0 Å². The third-order valence-corrected chi connectivity index (χ3v) is 7.97. The average Bonchev–Trinajstić information content (AvgIpc) is 3.01. The SMILES string of the molecule is c1ccc(N(c2cc3ccccc3c3ccccc23)c2cc3ccc4ccccc4c3c3ccccc23)cc1. The Morgan fingerprint density at radius 2 is 0.795 bits per heavy atom. The minimum Gasteiger partial charge on any atom is -0.309 e. The van der Waals surface area contributed by atoms with Crippen LogP contribution in [0, 0.1) is 0 Å². The molecule has 1 nitrogen and oxygen atoms in total. The molecule has 0 unspecified atom stereocenters. The summed E-state index contributed by atoms with van der Waals surface area (Å²) in [5, 5.41) is 12.6. The first-order valence-electron chi connectivity index (χ1n) is 13.5. The minimum absolute atomic E-state index is 1.14. The lowest BCUT2D eigenvalue weighted by Gasteiger charge is -2.29. The predicted octanol–water partition coefficient (Wildman–Crippen LogP) is 10.9. The summed E-state index contributed by atoms with van der Waals surface area (Å²) in [6.45, 7) is 0. The number of fused-ring (bicyclic) bond motifs is 8. The van der Waals surface area contributed by atoms with Gasteiger partial charge in [0.25, 0.3) is 0 Å². The van der Waals surface area contributed by atoms with Gasteiger partial charge < -0.3 is 4.90 Å². The van der Waals surface area contributed by atoms with E-state index in [4.69, 9.17) is 0 Å². The molecule has 182 valence electrons. The van der Waals surface area contributed by atoms with E-state index in [9.17, 15) is 0 Å². The van der Waals surface area contributed by atoms with E-state index in [1.165, 1.54) is 65.2 Å². The number of nitrogens with zero attached hydrogens (tertiary/aromatic N) is 1. The Bertz CT molecular complexity index is 2180. The highest BCUT2D eigenvalue weighted by Gasteiger charge is 2.20. The molecular weight excluding hydrogens is 470 g/mol. The van der Waals surface area contributed by atoms with Crippen LogP contribution in [0.2, 0.25) is 0 Å². The van der Waals surface area contributed by atoms with Crippen LogP contribution in [0.1, 0.15) is 0 Å². The fourth-order valence-corrected chi connectivity index (χ4v) is 6.25. The topological polar surface area (TPSA) is 3.24 Å². The normalized spacial score (nSPS) is 11.6. The van der Waals surface area contributed by atoms with Crippen molar-refractivity contribution in [3.8, 4) is 0 Å². The smallest absolute Gasteiger partial charge is 0.0546 e. The first kappa shape index (κ1) is 21.9. The van der Waals surface area contributed by atoms with Crippen LogP contribution in [0.3, 0.4) is 0 Å². The highest BCUT2D eigenvalue weighted by atomic mass is 15.1. The maximum atomic E-state index is 2.45. The standard InChI is InChI=1S/C38H25N/c1-2-14-29(15-3-1)39(36-24-27-13-5-6-16-30(27)32-18-8-9-19-33(32)36)37-25-28-23-22-26-12-4-7-17-31(26)38(28)35-21-11-10-20-34(35)37/h1-25H. The van der Waals surface area contributed by atoms with Crippen molar-refractivity contribution in [2.75, 3.05) is 4.90 Å². The van der Waals surface area contributed by atoms with Gasteiger partial charge in [0.1, 0.15) is 0 Å². The molecule has 0 bridgehead atoms. The molecule has 0 saturated heterocycles. The van der Waals surface area contributed by atoms with E-state index in [1.807, 2.05) is 0 Å². The van der Waals surface area contributed by atoms with Crippen LogP contribution in [0.5, 0.6) is 0 Å². The van der Waals surface area contributed by atoms with E-state index in [1.54, 1.807) is 0 Å². The van der Waals surface area contributed by atoms with Gasteiger partial charge >= 0.3 is 0 Å². The number of benzene rings is 8. The second kappa shape index (κ2) is 8.72. The van der Waals surface area contributed by atoms with Crippen LogP contribution in [-0.2, 0) is 0 Å². The van der Waals surface area contributed by atoms with Gasteiger partial charge in [-0.15, -0.1) is 0 Å². The van der Waals surface area contributed by atoms with Gasteiger partial charge in [0.05, 0.1) is 11.4 Å². The highest BCUT2D eigenvalue weighted by Crippen LogP contribution is 2.46. The molecule has 0 fully saturated rings. The minimum atomic E-state index is 1.14. The quantitative estimate of drug-likeness (QED) is 0.220. The molecule has 0 aliphatic heterocycles. The van der Waals surface area contributed by atoms with E-state index in [0.29, 0.717) is 0 Å². The summed E-state index contributed by atoms with van der Waals surface area (Å²) in [6.07, 6.45) is 0. The second-order valence-corrected chi connectivity index (χ2v) is 10.2. The second-order valence-electron chi connectivity index (χ2n) is 10.2. The third-order valence-electron chi connectivity index (χ3n) is 7.97. The Labute approximate surface area is 227 Å². The zero-order chi connectivity index (χ0) is 25.8. The molecule has 0 spiro atoms. The van der Waals surface area contributed by atoms with Crippen molar-refractivity contribution in [3.63, 3.8) is 0 Å². The molecule has 0 aliphatic carbocycles. The van der Waals surface area contributed by atoms with Crippen LogP contribution in [0.25, 0.3) is 53.9 Å². The number of para-hydroxylation sites is 1. The van der Waals surface area contributed by atoms with Crippen molar-refractivity contribution in [1.29, 1.82) is 0 Å². The van der Waals surface area contributed by atoms with Crippen LogP contribution in [0.15, 0.2) is 152 Å². The van der Waals surface area contributed by atoms with Crippen molar-refractivity contribution in [1.82, 2.24) is 0 Å². The van der Waals surface area contributed by atoms with Crippen LogP contribution in [0.4, 0.5) is 17.1 Å². The first-order valence-corrected chi connectivity index (χ1v) is 13.5. The van der Waals surface area contributed by atoms with Crippen LogP contribution >= 0.6 is 0 Å². The molecule has 0 aliphatic rings. The summed E-state index contributed by atoms with van der Waals surface area (Å²) >= 11 is 0. The zero-order valence-electron chi connectivity index (χ0n) is 21.4. The largest absolute Gasteiger partial charge is 0.309 e. The van der Waals surface area contributed by atoms with Crippen molar-refractivity contribution < 1.29 is 0 Å². The Morgan fingerprint density at radius 1 is 0.308 bits per heavy atom. The van der Waals surface area contributed by atoms with Gasteiger partial charge in [-0.3, -0.25) is 0 Å². The number of anilines is 3. The molecule has 0 heterocycles. The fourth-order valence-electron chi connectivity index (χ4n) is 6.25. The molecule has 0 amide bonds. The van der Waals surface area contributed by atoms with Gasteiger partial charge in [0.2, 0.25) is 0 Å². The number of hydrogen-bond acceptors (Lipinski definition) is 1. The maximum Gasteiger partial charge on any atom is 0.0546 e. The van der Waals surface area contributed by atoms with Gasteiger partial charge in [-0.1, -0.05) is 127 Å². The Kier molecular flexibility index (Phi) is 4.89. The highest BCUT2D eigenvalue weighted by molar-refractivity contribution is 6.24. The molecule has 8 rings (SSSR count). The lowest BCUT2D eigenvalue weighted by Crippen LogP contribution is -2.11. The molecule has 0 radical (unpaired) electrons. The third kappa shape index (κ3) is 3.41. The van der Waals surface area contributed by atoms with Crippen molar-refractivity contribution in [2.45, 2.75) is 0 Å². The van der Waals surface area contributed by atoms with E-state index in [0.717, 1.165) is 5.69 Å². The summed E-state index contributed by atoms with van der Waals surface area (Å²) in [6, 6.07) is 55.1. The maximum absolute atomic E-state index is 2.45. The summed E-state index contributed by atoms with van der Waals surface area (Å²) in [5.74, 6) is 0. The van der Waals surface area contributed by atoms with E-state index >= 15 is 0 Å². The van der Waals surface area contributed by atoms with Gasteiger partial charge in [0.15, 0.2) is 0 Å². The Balaban J connectivity index is 1.54. The van der Waals surface area contributed by atoms with Gasteiger partial charge in [-0.05, 0) is 67.4 Å². The predicted molar refractivity (Wildman–Crippen MR) is 169 cm³/mol. The van der Waals surface area contributed by atoms with Crippen LogP contribution < -0.4 is 4.90 Å². The van der Waals surface area contributed by atoms with E-state index in [-0.39, 0.29) is 0 Å². The molecule has 8 aromatic carbocycles. The summed E-state index contributed by atoms with van der Waals surface area (Å²) in [7, 11) is 0. The lowest BCUT2D eigenvalue weighted by atomic mass is 9.94. The van der Waals surface area contributed by atoms with E-state index in [2.05, 4.69) is 157 Å². The average molecular weight is 496 g/mol. The van der Waals surface area contributed by atoms with Gasteiger partial charge in [-0.25, -0.2) is 0 Å². The zero-order valence-corrected chi connectivity index (χ0v) is 21.4. The number of rotatable bonds is 3. The molecule has 0 N–H and O–H groups in total. The Hall–Kier alpha value is -5.14. The van der Waals surface area contributed by atoms with Gasteiger partial charge in [0, 0.05) is 16.5 Å². The fraction of sp³-hybridized carbons (Fsp3) is 0. The van der Waals surface area contributed by atoms with Crippen molar-refractivity contribution in [3.05, 3.63) is 152 Å². The van der Waals surface area contributed by atoms with Gasteiger partial charge in [-0.2, -0.15) is 0 Å². The molecule has 0 saturated carbocycles. The molecule has 1 heteroatoms. The van der Waals surface area contributed by atoms with Crippen molar-refractivity contribution >= 4 is 70.9 Å². The summed E-state index contributed by atoms with van der Waals surface area (Å²) < 4.78 is 0. The molecule has 0 atom stereocenters. The molecule has 8 aromatic rings. The first-order chi connectivity index (χ1) is 19.4. The monoisotopic (exact) mass is 495 g/mol. The molecular formula is C38H25N. The summed E-state index contributed by atoms with van der Waals surface area (Å²) in [4.78, 5) is 2.45. The van der Waals surface area contributed by atoms with E-state index < -0.39 is 0 Å². The molecule has 0 aromatic heterocycles. The lowest BCUT2D eigenvalue weighted by molar-refractivity contribution is 1.32. The number of hydrogen-bond donors (Lipinski definition) is 0. The summed E-state index contributed by atoms with van der Waals surface area (Å²) in [5.41, 5.74) is 3.50. The Morgan fingerprint density at radius 3 is 1.54 bits per heavy atom. The molecule has 39 heavy (non-hydrogen) atoms. The van der Waals surface area contributed by atoms with Crippen molar-refractivity contribution in [2.24, 2.45) is 0 Å².